The van der Waals surface area contributed by atoms with Crippen LogP contribution in [0.3, 0.4) is 0 Å². The summed E-state index contributed by atoms with van der Waals surface area (Å²) in [5.74, 6) is 0. The molecule has 0 atom stereocenters. The van der Waals surface area contributed by atoms with Crippen LogP contribution in [0.2, 0.25) is 0 Å². The highest BCUT2D eigenvalue weighted by Gasteiger charge is 2.06. The smallest absolute Gasteiger partial charge is 0.0483 e. The van der Waals surface area contributed by atoms with Crippen molar-refractivity contribution in [2.24, 2.45) is 7.05 Å². The molecule has 2 aromatic rings. The number of nitrogens with zero attached hydrogens (tertiary/aromatic N) is 1. The topological polar surface area (TPSA) is 17.0 Å². The lowest BCUT2D eigenvalue weighted by atomic mass is 10.1. The van der Waals surface area contributed by atoms with E-state index in [1.54, 1.807) is 0 Å². The van der Waals surface area contributed by atoms with Gasteiger partial charge in [-0.3, -0.25) is 0 Å². The summed E-state index contributed by atoms with van der Waals surface area (Å²) in [5.41, 5.74) is 4.05. The molecule has 0 spiro atoms. The number of fused-ring (bicyclic) bond motifs is 1. The van der Waals surface area contributed by atoms with Crippen LogP contribution in [0, 0.1) is 6.92 Å². The summed E-state index contributed by atoms with van der Waals surface area (Å²) in [6.07, 6.45) is 2.20. The molecular weight excluding hydrogens is 299 g/mol. The van der Waals surface area contributed by atoms with Crippen LogP contribution in [0.4, 0.5) is 0 Å². The summed E-state index contributed by atoms with van der Waals surface area (Å²) >= 11 is 0. The third-order valence-corrected chi connectivity index (χ3v) is 2.67. The third kappa shape index (κ3) is 2.18. The van der Waals surface area contributed by atoms with E-state index in [-0.39, 0.29) is 24.0 Å². The Hall–Kier alpha value is -0.550. The normalized spacial score (nSPS) is 10.3. The molecule has 1 aromatic carbocycles. The fourth-order valence-corrected chi connectivity index (χ4v) is 2.06. The molecule has 1 heterocycles. The van der Waals surface area contributed by atoms with Crippen molar-refractivity contribution in [3.8, 4) is 0 Å². The highest BCUT2D eigenvalue weighted by atomic mass is 127. The SMILES string of the molecule is CNCc1cn(C)c2cccc(C)c12.I. The van der Waals surface area contributed by atoms with Gasteiger partial charge in [-0.15, -0.1) is 24.0 Å². The second-order valence-electron chi connectivity index (χ2n) is 3.76. The van der Waals surface area contributed by atoms with Crippen LogP contribution in [0.15, 0.2) is 24.4 Å². The molecule has 0 bridgehead atoms. The van der Waals surface area contributed by atoms with Crippen molar-refractivity contribution in [3.63, 3.8) is 0 Å². The zero-order valence-electron chi connectivity index (χ0n) is 9.37. The molecule has 0 amide bonds. The van der Waals surface area contributed by atoms with Crippen molar-refractivity contribution in [1.29, 1.82) is 0 Å². The largest absolute Gasteiger partial charge is 0.350 e. The van der Waals surface area contributed by atoms with E-state index in [0.29, 0.717) is 0 Å². The fourth-order valence-electron chi connectivity index (χ4n) is 2.06. The monoisotopic (exact) mass is 316 g/mol. The summed E-state index contributed by atoms with van der Waals surface area (Å²) in [6.45, 7) is 3.10. The molecule has 0 aliphatic carbocycles. The van der Waals surface area contributed by atoms with Crippen LogP contribution < -0.4 is 5.32 Å². The van der Waals surface area contributed by atoms with Gasteiger partial charge in [0.25, 0.3) is 0 Å². The molecule has 0 unspecified atom stereocenters. The lowest BCUT2D eigenvalue weighted by Crippen LogP contribution is -2.04. The van der Waals surface area contributed by atoms with Crippen molar-refractivity contribution in [1.82, 2.24) is 9.88 Å². The van der Waals surface area contributed by atoms with Gasteiger partial charge in [-0.05, 0) is 31.2 Å². The van der Waals surface area contributed by atoms with Gasteiger partial charge >= 0.3 is 0 Å². The zero-order valence-corrected chi connectivity index (χ0v) is 11.7. The summed E-state index contributed by atoms with van der Waals surface area (Å²) in [5, 5.41) is 4.60. The van der Waals surface area contributed by atoms with Gasteiger partial charge in [-0.2, -0.15) is 0 Å². The van der Waals surface area contributed by atoms with E-state index in [1.807, 2.05) is 7.05 Å². The van der Waals surface area contributed by atoms with Gasteiger partial charge < -0.3 is 9.88 Å². The number of hydrogen-bond acceptors (Lipinski definition) is 1. The molecule has 15 heavy (non-hydrogen) atoms. The molecule has 2 rings (SSSR count). The maximum absolute atomic E-state index is 3.20. The van der Waals surface area contributed by atoms with Crippen molar-refractivity contribution in [2.45, 2.75) is 13.5 Å². The van der Waals surface area contributed by atoms with Gasteiger partial charge in [-0.25, -0.2) is 0 Å². The molecule has 0 aliphatic rings. The molecule has 2 nitrogen and oxygen atoms in total. The third-order valence-electron chi connectivity index (χ3n) is 2.67. The fraction of sp³-hybridized carbons (Fsp3) is 0.333. The summed E-state index contributed by atoms with van der Waals surface area (Å²) < 4.78 is 2.19. The number of hydrogen-bond donors (Lipinski definition) is 1. The van der Waals surface area contributed by atoms with Crippen LogP contribution in [0.1, 0.15) is 11.1 Å². The highest BCUT2D eigenvalue weighted by molar-refractivity contribution is 14.0. The second-order valence-corrected chi connectivity index (χ2v) is 3.76. The van der Waals surface area contributed by atoms with Gasteiger partial charge in [0, 0.05) is 30.7 Å². The van der Waals surface area contributed by atoms with E-state index in [1.165, 1.54) is 22.0 Å². The van der Waals surface area contributed by atoms with E-state index in [2.05, 4.69) is 48.3 Å². The van der Waals surface area contributed by atoms with Gasteiger partial charge in [0.05, 0.1) is 0 Å². The van der Waals surface area contributed by atoms with Crippen molar-refractivity contribution >= 4 is 34.9 Å². The number of aryl methyl sites for hydroxylation is 2. The minimum atomic E-state index is 0. The number of rotatable bonds is 2. The Morgan fingerprint density at radius 1 is 1.33 bits per heavy atom. The summed E-state index contributed by atoms with van der Waals surface area (Å²) in [6, 6.07) is 6.45. The molecule has 0 saturated carbocycles. The average Bonchev–Trinajstić information content (AvgIpc) is 2.46. The van der Waals surface area contributed by atoms with Crippen molar-refractivity contribution in [2.75, 3.05) is 7.05 Å². The Labute approximate surface area is 108 Å². The Morgan fingerprint density at radius 3 is 2.73 bits per heavy atom. The summed E-state index contributed by atoms with van der Waals surface area (Å²) in [7, 11) is 4.08. The first-order valence-electron chi connectivity index (χ1n) is 4.92. The molecule has 3 heteroatoms. The predicted molar refractivity (Wildman–Crippen MR) is 75.8 cm³/mol. The molecule has 0 aliphatic heterocycles. The van der Waals surface area contributed by atoms with Gasteiger partial charge in [-0.1, -0.05) is 12.1 Å². The van der Waals surface area contributed by atoms with Crippen LogP contribution in [-0.4, -0.2) is 11.6 Å². The number of aromatic nitrogens is 1. The van der Waals surface area contributed by atoms with E-state index in [0.717, 1.165) is 6.54 Å². The number of nitrogens with one attached hydrogen (secondary N) is 1. The lowest BCUT2D eigenvalue weighted by Gasteiger charge is -2.00. The number of benzene rings is 1. The molecule has 0 saturated heterocycles. The van der Waals surface area contributed by atoms with E-state index < -0.39 is 0 Å². The Morgan fingerprint density at radius 2 is 2.07 bits per heavy atom. The summed E-state index contributed by atoms with van der Waals surface area (Å²) in [4.78, 5) is 0. The zero-order chi connectivity index (χ0) is 10.1. The van der Waals surface area contributed by atoms with Crippen molar-refractivity contribution in [3.05, 3.63) is 35.5 Å². The Kier molecular flexibility index (Phi) is 4.16. The molecule has 1 N–H and O–H groups in total. The first-order chi connectivity index (χ1) is 6.74. The van der Waals surface area contributed by atoms with E-state index in [9.17, 15) is 0 Å². The molecule has 82 valence electrons. The van der Waals surface area contributed by atoms with Crippen LogP contribution in [-0.2, 0) is 13.6 Å². The first kappa shape index (κ1) is 12.5. The Bertz CT molecular complexity index is 460. The van der Waals surface area contributed by atoms with Crippen molar-refractivity contribution < 1.29 is 0 Å². The first-order valence-corrected chi connectivity index (χ1v) is 4.92. The van der Waals surface area contributed by atoms with Crippen LogP contribution in [0.5, 0.6) is 0 Å². The van der Waals surface area contributed by atoms with Gasteiger partial charge in [0.2, 0.25) is 0 Å². The standard InChI is InChI=1S/C12H16N2.HI/c1-9-5-4-6-11-12(9)10(7-13-2)8-14(11)3;/h4-6,8,13H,7H2,1-3H3;1H. The van der Waals surface area contributed by atoms with E-state index in [4.69, 9.17) is 0 Å². The molecule has 1 aromatic heterocycles. The predicted octanol–water partition coefficient (Wildman–Crippen LogP) is 2.82. The van der Waals surface area contributed by atoms with Gasteiger partial charge in [0.15, 0.2) is 0 Å². The van der Waals surface area contributed by atoms with Gasteiger partial charge in [0.1, 0.15) is 0 Å². The maximum atomic E-state index is 3.20. The quantitative estimate of drug-likeness (QED) is 0.843. The highest BCUT2D eigenvalue weighted by Crippen LogP contribution is 2.23. The number of halogens is 1. The van der Waals surface area contributed by atoms with E-state index >= 15 is 0 Å². The average molecular weight is 316 g/mol. The lowest BCUT2D eigenvalue weighted by molar-refractivity contribution is 0.815. The molecule has 0 fully saturated rings. The Balaban J connectivity index is 0.00000112. The second kappa shape index (κ2) is 4.99. The minimum Gasteiger partial charge on any atom is -0.350 e. The minimum absolute atomic E-state index is 0. The van der Waals surface area contributed by atoms with Crippen LogP contribution in [0.25, 0.3) is 10.9 Å². The molecule has 0 radical (unpaired) electrons. The molecular formula is C12H17IN2. The maximum Gasteiger partial charge on any atom is 0.0483 e. The van der Waals surface area contributed by atoms with Crippen LogP contribution >= 0.6 is 24.0 Å².